The number of benzene rings is 1. The van der Waals surface area contributed by atoms with E-state index in [-0.39, 0.29) is 17.5 Å². The molecule has 0 aliphatic heterocycles. The summed E-state index contributed by atoms with van der Waals surface area (Å²) in [6.45, 7) is 3.81. The maximum absolute atomic E-state index is 11.9. The molecular weight excluding hydrogens is 244 g/mol. The Labute approximate surface area is 103 Å². The molecule has 4 heteroatoms. The van der Waals surface area contributed by atoms with Gasteiger partial charge >= 0.3 is 0 Å². The minimum Gasteiger partial charge on any atom is -0.298 e. The van der Waals surface area contributed by atoms with Crippen molar-refractivity contribution < 1.29 is 9.00 Å². The lowest BCUT2D eigenvalue weighted by Gasteiger charge is -2.07. The molecule has 0 radical (unpaired) electrons. The summed E-state index contributed by atoms with van der Waals surface area (Å²) in [5.74, 6) is 0.0963. The SMILES string of the molecule is CCC(C)C(=O)CS(=O)c1cccc(Cl)c1. The van der Waals surface area contributed by atoms with E-state index in [1.807, 2.05) is 13.8 Å². The highest BCUT2D eigenvalue weighted by molar-refractivity contribution is 7.85. The second-order valence-electron chi connectivity index (χ2n) is 3.72. The van der Waals surface area contributed by atoms with Gasteiger partial charge in [-0.05, 0) is 24.6 Å². The van der Waals surface area contributed by atoms with Crippen molar-refractivity contribution >= 4 is 28.2 Å². The van der Waals surface area contributed by atoms with Crippen LogP contribution in [0.25, 0.3) is 0 Å². The van der Waals surface area contributed by atoms with Crippen molar-refractivity contribution in [2.75, 3.05) is 5.75 Å². The highest BCUT2D eigenvalue weighted by Gasteiger charge is 2.15. The van der Waals surface area contributed by atoms with Gasteiger partial charge in [-0.1, -0.05) is 31.5 Å². The Balaban J connectivity index is 2.69. The number of ketones is 1. The van der Waals surface area contributed by atoms with E-state index >= 15 is 0 Å². The van der Waals surface area contributed by atoms with Crippen molar-refractivity contribution in [2.24, 2.45) is 5.92 Å². The minimum atomic E-state index is -1.28. The fourth-order valence-corrected chi connectivity index (χ4v) is 2.64. The molecule has 0 aromatic heterocycles. The van der Waals surface area contributed by atoms with Crippen LogP contribution in [0.15, 0.2) is 29.2 Å². The Bertz CT molecular complexity index is 404. The van der Waals surface area contributed by atoms with E-state index in [9.17, 15) is 9.00 Å². The summed E-state index contributed by atoms with van der Waals surface area (Å²) >= 11 is 5.80. The Morgan fingerprint density at radius 1 is 1.50 bits per heavy atom. The number of hydrogen-bond acceptors (Lipinski definition) is 2. The van der Waals surface area contributed by atoms with Crippen LogP contribution >= 0.6 is 11.6 Å². The highest BCUT2D eigenvalue weighted by atomic mass is 35.5. The Kier molecular flexibility index (Phi) is 5.16. The predicted molar refractivity (Wildman–Crippen MR) is 67.2 cm³/mol. The summed E-state index contributed by atoms with van der Waals surface area (Å²) in [4.78, 5) is 12.2. The summed E-state index contributed by atoms with van der Waals surface area (Å²) in [5, 5.41) is 0.543. The van der Waals surface area contributed by atoms with Crippen molar-refractivity contribution in [3.05, 3.63) is 29.3 Å². The van der Waals surface area contributed by atoms with Crippen molar-refractivity contribution in [2.45, 2.75) is 25.2 Å². The zero-order valence-corrected chi connectivity index (χ0v) is 11.0. The lowest BCUT2D eigenvalue weighted by atomic mass is 10.1. The van der Waals surface area contributed by atoms with Crippen molar-refractivity contribution in [1.29, 1.82) is 0 Å². The van der Waals surface area contributed by atoms with Crippen LogP contribution in [-0.4, -0.2) is 15.7 Å². The second-order valence-corrected chi connectivity index (χ2v) is 5.61. The maximum atomic E-state index is 11.9. The first-order valence-electron chi connectivity index (χ1n) is 5.21. The zero-order chi connectivity index (χ0) is 12.1. The van der Waals surface area contributed by atoms with E-state index < -0.39 is 10.8 Å². The number of Topliss-reactive ketones (excluding diaryl/α,β-unsaturated/α-hetero) is 1. The molecule has 1 aromatic rings. The third kappa shape index (κ3) is 3.72. The molecule has 0 aliphatic carbocycles. The predicted octanol–water partition coefficient (Wildman–Crippen LogP) is 3.06. The molecular formula is C12H15ClO2S. The van der Waals surface area contributed by atoms with E-state index in [0.29, 0.717) is 9.92 Å². The van der Waals surface area contributed by atoms with Gasteiger partial charge in [0.25, 0.3) is 0 Å². The second kappa shape index (κ2) is 6.16. The Hall–Kier alpha value is -0.670. The molecule has 2 atom stereocenters. The number of rotatable bonds is 5. The fourth-order valence-electron chi connectivity index (χ4n) is 1.19. The van der Waals surface area contributed by atoms with Gasteiger partial charge in [-0.15, -0.1) is 0 Å². The van der Waals surface area contributed by atoms with Gasteiger partial charge in [0, 0.05) is 15.8 Å². The number of carbonyl (C=O) groups is 1. The Morgan fingerprint density at radius 3 is 2.75 bits per heavy atom. The largest absolute Gasteiger partial charge is 0.298 e. The molecule has 0 saturated heterocycles. The van der Waals surface area contributed by atoms with Gasteiger partial charge in [0.2, 0.25) is 0 Å². The Morgan fingerprint density at radius 2 is 2.19 bits per heavy atom. The number of carbonyl (C=O) groups excluding carboxylic acids is 1. The lowest BCUT2D eigenvalue weighted by molar-refractivity contribution is -0.119. The first kappa shape index (κ1) is 13.4. The van der Waals surface area contributed by atoms with Crippen LogP contribution in [0.3, 0.4) is 0 Å². The molecule has 0 fully saturated rings. The highest BCUT2D eigenvalue weighted by Crippen LogP contribution is 2.15. The topological polar surface area (TPSA) is 34.1 Å². The molecule has 0 aliphatic rings. The summed E-state index contributed by atoms with van der Waals surface area (Å²) in [6.07, 6.45) is 0.783. The van der Waals surface area contributed by atoms with E-state index in [1.54, 1.807) is 24.3 Å². The first-order chi connectivity index (χ1) is 7.54. The molecule has 2 unspecified atom stereocenters. The summed E-state index contributed by atoms with van der Waals surface area (Å²) in [5.41, 5.74) is 0. The normalized spacial score (nSPS) is 14.4. The van der Waals surface area contributed by atoms with Crippen LogP contribution in [-0.2, 0) is 15.6 Å². The average molecular weight is 259 g/mol. The summed E-state index contributed by atoms with van der Waals surface area (Å²) in [7, 11) is -1.28. The van der Waals surface area contributed by atoms with E-state index in [4.69, 9.17) is 11.6 Å². The van der Waals surface area contributed by atoms with Crippen LogP contribution in [0.5, 0.6) is 0 Å². The van der Waals surface area contributed by atoms with Gasteiger partial charge in [-0.25, -0.2) is 0 Å². The van der Waals surface area contributed by atoms with Gasteiger partial charge in [0.1, 0.15) is 5.78 Å². The minimum absolute atomic E-state index is 0.0249. The number of hydrogen-bond donors (Lipinski definition) is 0. The van der Waals surface area contributed by atoms with Gasteiger partial charge in [-0.3, -0.25) is 9.00 Å². The third-order valence-corrected chi connectivity index (χ3v) is 4.06. The zero-order valence-electron chi connectivity index (χ0n) is 9.40. The van der Waals surface area contributed by atoms with Crippen molar-refractivity contribution in [3.63, 3.8) is 0 Å². The lowest BCUT2D eigenvalue weighted by Crippen LogP contribution is -2.18. The molecule has 0 heterocycles. The van der Waals surface area contributed by atoms with Crippen LogP contribution in [0.4, 0.5) is 0 Å². The standard InChI is InChI=1S/C12H15ClO2S/c1-3-9(2)12(14)8-16(15)11-6-4-5-10(13)7-11/h4-7,9H,3,8H2,1-2H3. The monoisotopic (exact) mass is 258 g/mol. The van der Waals surface area contributed by atoms with Gasteiger partial charge < -0.3 is 0 Å². The van der Waals surface area contributed by atoms with Crippen molar-refractivity contribution in [3.8, 4) is 0 Å². The molecule has 0 bridgehead atoms. The molecule has 16 heavy (non-hydrogen) atoms. The van der Waals surface area contributed by atoms with Crippen LogP contribution in [0.2, 0.25) is 5.02 Å². The molecule has 0 saturated carbocycles. The first-order valence-corrected chi connectivity index (χ1v) is 6.91. The fraction of sp³-hybridized carbons (Fsp3) is 0.417. The van der Waals surface area contributed by atoms with E-state index in [0.717, 1.165) is 6.42 Å². The quantitative estimate of drug-likeness (QED) is 0.814. The smallest absolute Gasteiger partial charge is 0.148 e. The van der Waals surface area contributed by atoms with Gasteiger partial charge in [0.05, 0.1) is 16.6 Å². The molecule has 2 nitrogen and oxygen atoms in total. The number of halogens is 1. The van der Waals surface area contributed by atoms with Gasteiger partial charge in [0.15, 0.2) is 0 Å². The average Bonchev–Trinajstić information content (AvgIpc) is 2.27. The third-order valence-electron chi connectivity index (χ3n) is 2.49. The molecule has 0 spiro atoms. The van der Waals surface area contributed by atoms with Gasteiger partial charge in [-0.2, -0.15) is 0 Å². The van der Waals surface area contributed by atoms with Crippen LogP contribution in [0, 0.1) is 5.92 Å². The summed E-state index contributed by atoms with van der Waals surface area (Å²) in [6, 6.07) is 6.83. The maximum Gasteiger partial charge on any atom is 0.148 e. The van der Waals surface area contributed by atoms with Crippen LogP contribution in [0.1, 0.15) is 20.3 Å². The molecule has 88 valence electrons. The molecule has 0 amide bonds. The van der Waals surface area contributed by atoms with E-state index in [1.165, 1.54) is 0 Å². The van der Waals surface area contributed by atoms with Crippen molar-refractivity contribution in [1.82, 2.24) is 0 Å². The molecule has 0 N–H and O–H groups in total. The summed E-state index contributed by atoms with van der Waals surface area (Å²) < 4.78 is 11.9. The van der Waals surface area contributed by atoms with E-state index in [2.05, 4.69) is 0 Å². The molecule has 1 rings (SSSR count). The molecule has 1 aromatic carbocycles. The van der Waals surface area contributed by atoms with Crippen LogP contribution < -0.4 is 0 Å².